The lowest BCUT2D eigenvalue weighted by Gasteiger charge is -2.18. The Bertz CT molecular complexity index is 696. The minimum absolute atomic E-state index is 0.561. The molecule has 138 valence electrons. The third-order valence-corrected chi connectivity index (χ3v) is 4.89. The van der Waals surface area contributed by atoms with Gasteiger partial charge >= 0.3 is 0 Å². The van der Waals surface area contributed by atoms with Crippen molar-refractivity contribution < 1.29 is 4.74 Å². The van der Waals surface area contributed by atoms with Crippen molar-refractivity contribution >= 4 is 16.9 Å². The number of ether oxygens (including phenoxy) is 1. The van der Waals surface area contributed by atoms with Crippen LogP contribution in [-0.2, 0) is 17.7 Å². The number of anilines is 1. The van der Waals surface area contributed by atoms with E-state index in [4.69, 9.17) is 9.84 Å². The second kappa shape index (κ2) is 8.13. The molecule has 25 heavy (non-hydrogen) atoms. The van der Waals surface area contributed by atoms with Gasteiger partial charge in [-0.1, -0.05) is 27.2 Å². The summed E-state index contributed by atoms with van der Waals surface area (Å²) in [5.41, 5.74) is 2.14. The minimum atomic E-state index is 0.561. The van der Waals surface area contributed by atoms with Crippen LogP contribution in [-0.4, -0.2) is 46.6 Å². The van der Waals surface area contributed by atoms with E-state index in [2.05, 4.69) is 40.3 Å². The summed E-state index contributed by atoms with van der Waals surface area (Å²) in [6.45, 7) is 10.5. The number of nitrogens with zero attached hydrogens (tertiary/aromatic N) is 5. The van der Waals surface area contributed by atoms with Gasteiger partial charge in [-0.15, -0.1) is 0 Å². The lowest BCUT2D eigenvalue weighted by molar-refractivity contribution is 0.161. The fourth-order valence-corrected chi connectivity index (χ4v) is 3.69. The maximum absolute atomic E-state index is 5.35. The van der Waals surface area contributed by atoms with E-state index in [1.165, 1.54) is 0 Å². The number of aryl methyl sites for hydroxylation is 1. The molecule has 2 aromatic heterocycles. The second-order valence-electron chi connectivity index (χ2n) is 7.57. The smallest absolute Gasteiger partial charge is 0.163 e. The third kappa shape index (κ3) is 3.94. The van der Waals surface area contributed by atoms with Gasteiger partial charge in [0.05, 0.1) is 17.7 Å². The van der Waals surface area contributed by atoms with Gasteiger partial charge in [-0.3, -0.25) is 0 Å². The van der Waals surface area contributed by atoms with Gasteiger partial charge in [0, 0.05) is 32.7 Å². The van der Waals surface area contributed by atoms with Gasteiger partial charge in [0.25, 0.3) is 0 Å². The van der Waals surface area contributed by atoms with E-state index < -0.39 is 0 Å². The summed E-state index contributed by atoms with van der Waals surface area (Å²) < 4.78 is 7.43. The zero-order valence-electron chi connectivity index (χ0n) is 16.0. The van der Waals surface area contributed by atoms with Crippen molar-refractivity contribution in [2.45, 2.75) is 53.0 Å². The fraction of sp³-hybridized carbons (Fsp3) is 0.737. The molecule has 1 fully saturated rings. The summed E-state index contributed by atoms with van der Waals surface area (Å²) in [5, 5.41) is 6.07. The Morgan fingerprint density at radius 3 is 2.88 bits per heavy atom. The molecule has 0 saturated carbocycles. The van der Waals surface area contributed by atoms with Crippen molar-refractivity contribution in [1.82, 2.24) is 19.7 Å². The monoisotopic (exact) mass is 345 g/mol. The van der Waals surface area contributed by atoms with Crippen molar-refractivity contribution in [2.75, 3.05) is 31.7 Å². The van der Waals surface area contributed by atoms with Crippen LogP contribution in [0.2, 0.25) is 0 Å². The van der Waals surface area contributed by atoms with Gasteiger partial charge in [-0.05, 0) is 25.2 Å². The van der Waals surface area contributed by atoms with Crippen molar-refractivity contribution in [2.24, 2.45) is 11.8 Å². The summed E-state index contributed by atoms with van der Waals surface area (Å²) in [5.74, 6) is 2.20. The zero-order chi connectivity index (χ0) is 17.8. The number of rotatable bonds is 8. The van der Waals surface area contributed by atoms with Crippen molar-refractivity contribution in [3.63, 3.8) is 0 Å². The molecule has 2 aromatic rings. The molecule has 0 N–H and O–H groups in total. The number of unbranched alkanes of at least 4 members (excludes halogenated alkanes) is 1. The Hall–Kier alpha value is -1.69. The Morgan fingerprint density at radius 1 is 1.32 bits per heavy atom. The normalized spacial score (nSPS) is 18.0. The van der Waals surface area contributed by atoms with Crippen LogP contribution in [0.25, 0.3) is 11.0 Å². The van der Waals surface area contributed by atoms with Crippen LogP contribution < -0.4 is 4.90 Å². The highest BCUT2D eigenvalue weighted by Gasteiger charge is 2.27. The number of methoxy groups -OCH3 is 1. The van der Waals surface area contributed by atoms with E-state index >= 15 is 0 Å². The molecule has 6 nitrogen and oxygen atoms in total. The molecule has 6 heteroatoms. The molecule has 3 rings (SSSR count). The highest BCUT2D eigenvalue weighted by Crippen LogP contribution is 2.31. The summed E-state index contributed by atoms with van der Waals surface area (Å²) in [7, 11) is 1.78. The van der Waals surface area contributed by atoms with Crippen LogP contribution in [0.15, 0.2) is 6.33 Å². The first kappa shape index (κ1) is 18.1. The Balaban J connectivity index is 1.99. The predicted octanol–water partition coefficient (Wildman–Crippen LogP) is 3.30. The van der Waals surface area contributed by atoms with Crippen molar-refractivity contribution in [3.05, 3.63) is 12.0 Å². The lowest BCUT2D eigenvalue weighted by atomic mass is 10.1. The predicted molar refractivity (Wildman–Crippen MR) is 101 cm³/mol. The van der Waals surface area contributed by atoms with Gasteiger partial charge in [-0.2, -0.15) is 5.10 Å². The average Bonchev–Trinajstić information content (AvgIpc) is 3.18. The van der Waals surface area contributed by atoms with Crippen LogP contribution >= 0.6 is 0 Å². The first-order valence-corrected chi connectivity index (χ1v) is 9.58. The summed E-state index contributed by atoms with van der Waals surface area (Å²) >= 11 is 0. The van der Waals surface area contributed by atoms with E-state index in [1.54, 1.807) is 13.4 Å². The molecule has 0 aliphatic carbocycles. The van der Waals surface area contributed by atoms with Crippen LogP contribution in [0.1, 0.15) is 45.7 Å². The van der Waals surface area contributed by atoms with Gasteiger partial charge < -0.3 is 9.64 Å². The minimum Gasteiger partial charge on any atom is -0.384 e. The Kier molecular flexibility index (Phi) is 5.89. The largest absolute Gasteiger partial charge is 0.384 e. The van der Waals surface area contributed by atoms with Gasteiger partial charge in [-0.25, -0.2) is 14.6 Å². The van der Waals surface area contributed by atoms with Crippen LogP contribution in [0.4, 0.5) is 5.82 Å². The summed E-state index contributed by atoms with van der Waals surface area (Å²) in [6.07, 6.45) is 6.10. The van der Waals surface area contributed by atoms with E-state index in [1.807, 2.05) is 0 Å². The van der Waals surface area contributed by atoms with Crippen molar-refractivity contribution in [3.8, 4) is 0 Å². The van der Waals surface area contributed by atoms with Gasteiger partial charge in [0.1, 0.15) is 12.1 Å². The fourth-order valence-electron chi connectivity index (χ4n) is 3.69. The zero-order valence-corrected chi connectivity index (χ0v) is 16.0. The maximum atomic E-state index is 5.35. The number of hydrogen-bond acceptors (Lipinski definition) is 5. The van der Waals surface area contributed by atoms with Crippen LogP contribution in [0.5, 0.6) is 0 Å². The third-order valence-electron chi connectivity index (χ3n) is 4.89. The highest BCUT2D eigenvalue weighted by atomic mass is 16.5. The molecule has 1 saturated heterocycles. The molecular formula is C19H31N5O. The van der Waals surface area contributed by atoms with Gasteiger partial charge in [0.15, 0.2) is 5.65 Å². The first-order valence-electron chi connectivity index (χ1n) is 9.58. The molecule has 0 bridgehead atoms. The molecule has 1 atom stereocenters. The van der Waals surface area contributed by atoms with E-state index in [0.717, 1.165) is 74.5 Å². The molecular weight excluding hydrogens is 314 g/mol. The van der Waals surface area contributed by atoms with Crippen LogP contribution in [0.3, 0.4) is 0 Å². The maximum Gasteiger partial charge on any atom is 0.163 e. The number of fused-ring (bicyclic) bond motifs is 1. The summed E-state index contributed by atoms with van der Waals surface area (Å²) in [6, 6.07) is 0. The molecule has 1 unspecified atom stereocenters. The van der Waals surface area contributed by atoms with Crippen LogP contribution in [0, 0.1) is 11.8 Å². The summed E-state index contributed by atoms with van der Waals surface area (Å²) in [4.78, 5) is 11.6. The Labute approximate surface area is 150 Å². The lowest BCUT2D eigenvalue weighted by Crippen LogP contribution is -2.22. The molecule has 1 aliphatic rings. The highest BCUT2D eigenvalue weighted by molar-refractivity contribution is 5.90. The molecule has 0 spiro atoms. The first-order chi connectivity index (χ1) is 12.1. The van der Waals surface area contributed by atoms with Gasteiger partial charge in [0.2, 0.25) is 0 Å². The topological polar surface area (TPSA) is 56.1 Å². The molecule has 0 amide bonds. The number of hydrogen-bond donors (Lipinski definition) is 0. The standard InChI is InChI=1S/C19H31N5O/c1-5-6-8-24-19-17(16(22-24)10-14(2)3)18(20-13-21-19)23-9-7-15(11-23)12-25-4/h13-15H,5-12H2,1-4H3. The van der Waals surface area contributed by atoms with Crippen molar-refractivity contribution in [1.29, 1.82) is 0 Å². The second-order valence-corrected chi connectivity index (χ2v) is 7.57. The molecule has 0 aromatic carbocycles. The molecule has 1 aliphatic heterocycles. The van der Waals surface area contributed by atoms with E-state index in [0.29, 0.717) is 11.8 Å². The van der Waals surface area contributed by atoms with E-state index in [-0.39, 0.29) is 0 Å². The Morgan fingerprint density at radius 2 is 2.16 bits per heavy atom. The molecule has 3 heterocycles. The van der Waals surface area contributed by atoms with E-state index in [9.17, 15) is 0 Å². The number of aromatic nitrogens is 4. The SMILES string of the molecule is CCCCn1nc(CC(C)C)c2c(N3CCC(COC)C3)ncnc21. The molecule has 0 radical (unpaired) electrons. The quantitative estimate of drug-likeness (QED) is 0.735. The average molecular weight is 345 g/mol.